The first-order chi connectivity index (χ1) is 10.4. The summed E-state index contributed by atoms with van der Waals surface area (Å²) in [5.41, 5.74) is 5.08. The van der Waals surface area contributed by atoms with Gasteiger partial charge in [-0.25, -0.2) is 0 Å². The molecule has 2 aliphatic rings. The molecule has 5 atom stereocenters. The van der Waals surface area contributed by atoms with E-state index >= 15 is 0 Å². The summed E-state index contributed by atoms with van der Waals surface area (Å²) in [7, 11) is 2.25. The Labute approximate surface area is 148 Å². The van der Waals surface area contributed by atoms with Crippen molar-refractivity contribution in [2.45, 2.75) is 41.5 Å². The second kappa shape index (κ2) is 11.6. The smallest absolute Gasteiger partial charge is 0.153 e. The predicted molar refractivity (Wildman–Crippen MR) is 83.3 cm³/mol. The molecule has 0 aromatic heterocycles. The van der Waals surface area contributed by atoms with Crippen LogP contribution in [0.15, 0.2) is 20.6 Å². The van der Waals surface area contributed by atoms with Crippen LogP contribution in [0.4, 0.5) is 0 Å². The van der Waals surface area contributed by atoms with Gasteiger partial charge in [0.1, 0.15) is 0 Å². The van der Waals surface area contributed by atoms with E-state index in [9.17, 15) is 0 Å². The first-order valence-corrected chi connectivity index (χ1v) is 8.55. The van der Waals surface area contributed by atoms with Crippen molar-refractivity contribution in [2.75, 3.05) is 21.3 Å². The van der Waals surface area contributed by atoms with Crippen molar-refractivity contribution in [3.8, 4) is 0 Å². The van der Waals surface area contributed by atoms with Crippen LogP contribution >= 0.6 is 0 Å². The van der Waals surface area contributed by atoms with Crippen molar-refractivity contribution in [3.63, 3.8) is 0 Å². The Balaban J connectivity index is 0. The van der Waals surface area contributed by atoms with E-state index in [1.54, 1.807) is 20.6 Å². The Morgan fingerprint density at radius 1 is 0.727 bits per heavy atom. The van der Waals surface area contributed by atoms with Crippen LogP contribution in [0.1, 0.15) is 41.5 Å². The zero-order valence-corrected chi connectivity index (χ0v) is 17.2. The van der Waals surface area contributed by atoms with Crippen LogP contribution in [0, 0.1) is 29.6 Å². The summed E-state index contributed by atoms with van der Waals surface area (Å²) >= 11 is 2.33. The molecule has 0 aromatic rings. The summed E-state index contributed by atoms with van der Waals surface area (Å²) in [6.07, 6.45) is 0. The molecule has 0 saturated carbocycles. The van der Waals surface area contributed by atoms with Crippen LogP contribution in [0.3, 0.4) is 0 Å². The first-order valence-electron chi connectivity index (χ1n) is 7.77. The van der Waals surface area contributed by atoms with Gasteiger partial charge in [-0.15, -0.1) is 0 Å². The fourth-order valence-electron chi connectivity index (χ4n) is 3.63. The zero-order chi connectivity index (χ0) is 18.2. The van der Waals surface area contributed by atoms with Crippen molar-refractivity contribution < 1.29 is 35.8 Å². The molecule has 0 N–H and O–H groups in total. The molecule has 0 amide bonds. The van der Waals surface area contributed by atoms with E-state index in [0.717, 1.165) is 45.0 Å². The largest absolute Gasteiger partial charge is 0.857 e. The summed E-state index contributed by atoms with van der Waals surface area (Å²) < 4.78 is 1.60. The monoisotopic (exact) mass is 344 g/mol. The Kier molecular flexibility index (Phi) is 12.8. The molecule has 5 unspecified atom stereocenters. The Hall–Kier alpha value is 0.0743. The van der Waals surface area contributed by atoms with Crippen LogP contribution < -0.4 is 15.3 Å². The SMILES string of the molecule is CC1=[C]([Ti+3])C2=C(C1C)C(C)C(C)C(C)C2C.C[O-].C[O-].C[O-]. The molecule has 0 aromatic carbocycles. The van der Waals surface area contributed by atoms with E-state index in [0.29, 0.717) is 5.92 Å². The molecule has 0 saturated heterocycles. The van der Waals surface area contributed by atoms with Crippen molar-refractivity contribution in [1.29, 1.82) is 0 Å². The summed E-state index contributed by atoms with van der Waals surface area (Å²) in [6, 6.07) is 0. The molecule has 0 bridgehead atoms. The molecular weight excluding hydrogens is 312 g/mol. The van der Waals surface area contributed by atoms with Gasteiger partial charge in [0.25, 0.3) is 0 Å². The summed E-state index contributed by atoms with van der Waals surface area (Å²) in [4.78, 5) is 0. The van der Waals surface area contributed by atoms with Gasteiger partial charge in [-0.3, -0.25) is 0 Å². The van der Waals surface area contributed by atoms with Gasteiger partial charge in [0.2, 0.25) is 0 Å². The van der Waals surface area contributed by atoms with E-state index in [4.69, 9.17) is 15.3 Å². The van der Waals surface area contributed by atoms with E-state index in [1.807, 2.05) is 0 Å². The van der Waals surface area contributed by atoms with Gasteiger partial charge >= 0.3 is 112 Å². The van der Waals surface area contributed by atoms with Gasteiger partial charge in [-0.2, -0.15) is 21.3 Å². The van der Waals surface area contributed by atoms with E-state index in [-0.39, 0.29) is 0 Å². The van der Waals surface area contributed by atoms with Crippen LogP contribution in [-0.2, 0) is 20.4 Å². The third kappa shape index (κ3) is 4.55. The number of allylic oxidation sites excluding steroid dienone is 4. The fraction of sp³-hybridized carbons (Fsp3) is 0.778. The van der Waals surface area contributed by atoms with Crippen LogP contribution in [0.2, 0.25) is 0 Å². The molecule has 4 heteroatoms. The number of rotatable bonds is 0. The molecule has 0 spiro atoms. The minimum Gasteiger partial charge on any atom is -0.857 e. The molecule has 0 radical (unpaired) electrons. The standard InChI is InChI=1S/C15H23.3CH3O.Ti/c1-8-7-14-12(5)10(3)11(4)13(6)15(14)9(8)2;3*1-2;/h9-13H,1-6H3;3*1H3;/q;3*-1;+3. The maximum Gasteiger partial charge on any atom is -0.153 e. The minimum atomic E-state index is 0.697. The molecule has 0 aliphatic heterocycles. The van der Waals surface area contributed by atoms with Gasteiger partial charge in [0, 0.05) is 0 Å². The van der Waals surface area contributed by atoms with E-state index in [2.05, 4.69) is 62.0 Å². The molecule has 2 aliphatic carbocycles. The summed E-state index contributed by atoms with van der Waals surface area (Å²) in [6.45, 7) is 14.5. The van der Waals surface area contributed by atoms with E-state index < -0.39 is 0 Å². The van der Waals surface area contributed by atoms with E-state index in [1.165, 1.54) is 0 Å². The van der Waals surface area contributed by atoms with Crippen molar-refractivity contribution in [3.05, 3.63) is 20.6 Å². The molecule has 0 fully saturated rings. The Morgan fingerprint density at radius 3 is 1.50 bits per heavy atom. The van der Waals surface area contributed by atoms with Gasteiger partial charge in [0.15, 0.2) is 0 Å². The zero-order valence-electron chi connectivity index (χ0n) is 15.6. The Bertz CT molecular complexity index is 388. The minimum absolute atomic E-state index is 0.697. The molecule has 0 heterocycles. The maximum atomic E-state index is 8.25. The predicted octanol–water partition coefficient (Wildman–Crippen LogP) is 1.24. The Morgan fingerprint density at radius 2 is 1.09 bits per heavy atom. The molecule has 126 valence electrons. The third-order valence-electron chi connectivity index (χ3n) is 5.44. The molecule has 2 rings (SSSR count). The van der Waals surface area contributed by atoms with Crippen LogP contribution in [-0.4, -0.2) is 21.3 Å². The number of hydrogen-bond acceptors (Lipinski definition) is 3. The quantitative estimate of drug-likeness (QED) is 0.621. The summed E-state index contributed by atoms with van der Waals surface area (Å²) in [5.74, 6) is 3.86. The maximum absolute atomic E-state index is 8.25. The van der Waals surface area contributed by atoms with Crippen molar-refractivity contribution >= 4 is 0 Å². The van der Waals surface area contributed by atoms with Crippen LogP contribution in [0.25, 0.3) is 0 Å². The van der Waals surface area contributed by atoms with Crippen LogP contribution in [0.5, 0.6) is 0 Å². The molecule has 3 nitrogen and oxygen atoms in total. The molecule has 22 heavy (non-hydrogen) atoms. The third-order valence-corrected chi connectivity index (χ3v) is 6.48. The summed E-state index contributed by atoms with van der Waals surface area (Å²) in [5, 5.41) is 24.8. The van der Waals surface area contributed by atoms with Gasteiger partial charge < -0.3 is 15.3 Å². The average Bonchev–Trinajstić information content (AvgIpc) is 2.81. The fourth-order valence-corrected chi connectivity index (χ4v) is 4.55. The topological polar surface area (TPSA) is 69.2 Å². The normalized spacial score (nSPS) is 32.9. The second-order valence-corrected chi connectivity index (χ2v) is 6.73. The van der Waals surface area contributed by atoms with Crippen molar-refractivity contribution in [1.82, 2.24) is 0 Å². The van der Waals surface area contributed by atoms with Gasteiger partial charge in [0.05, 0.1) is 0 Å². The van der Waals surface area contributed by atoms with Gasteiger partial charge in [-0.05, 0) is 0 Å². The first kappa shape index (κ1) is 24.3. The number of hydrogen-bond donors (Lipinski definition) is 0. The van der Waals surface area contributed by atoms with Gasteiger partial charge in [-0.1, -0.05) is 0 Å². The van der Waals surface area contributed by atoms with Crippen molar-refractivity contribution in [2.24, 2.45) is 29.6 Å². The second-order valence-electron chi connectivity index (χ2n) is 5.94. The average molecular weight is 344 g/mol. The molecular formula is C18H32O3Ti.